The molecule has 0 aliphatic carbocycles. The number of aromatic amines is 1. The molecule has 0 radical (unpaired) electrons. The van der Waals surface area contributed by atoms with Crippen LogP contribution in [0.1, 0.15) is 32.9 Å². The highest BCUT2D eigenvalue weighted by Crippen LogP contribution is 2.36. The van der Waals surface area contributed by atoms with E-state index in [1.807, 2.05) is 0 Å². The van der Waals surface area contributed by atoms with Crippen LogP contribution in [-0.4, -0.2) is 16.7 Å². The molecule has 2 nitrogen and oxygen atoms in total. The molecule has 0 amide bonds. The average Bonchev–Trinajstić information content (AvgIpc) is 2.96. The van der Waals surface area contributed by atoms with Gasteiger partial charge in [0.1, 0.15) is 0 Å². The molecule has 1 N–H and O–H groups in total. The van der Waals surface area contributed by atoms with Gasteiger partial charge >= 0.3 is 0 Å². The zero-order valence-corrected chi connectivity index (χ0v) is 12.5. The van der Waals surface area contributed by atoms with Gasteiger partial charge in [0.15, 0.2) is 0 Å². The number of aromatic nitrogens is 1. The van der Waals surface area contributed by atoms with Gasteiger partial charge in [0, 0.05) is 24.0 Å². The molecular formula is C18H22N2. The van der Waals surface area contributed by atoms with Crippen molar-refractivity contribution in [2.75, 3.05) is 0 Å². The SMILES string of the molecule is CC1=NC(Cc2cc(-c3ccccc3)c[nH]2)C(C)(C)C1. The minimum Gasteiger partial charge on any atom is -0.364 e. The normalized spacial score (nSPS) is 20.9. The van der Waals surface area contributed by atoms with Gasteiger partial charge in [0.2, 0.25) is 0 Å². The van der Waals surface area contributed by atoms with Gasteiger partial charge in [-0.25, -0.2) is 0 Å². The first kappa shape index (κ1) is 13.2. The van der Waals surface area contributed by atoms with Crippen LogP contribution in [0.3, 0.4) is 0 Å². The fraction of sp³-hybridized carbons (Fsp3) is 0.389. The maximum atomic E-state index is 4.82. The number of hydrogen-bond acceptors (Lipinski definition) is 1. The number of nitrogens with zero attached hydrogens (tertiary/aromatic N) is 1. The lowest BCUT2D eigenvalue weighted by Gasteiger charge is -2.24. The van der Waals surface area contributed by atoms with E-state index < -0.39 is 0 Å². The number of benzene rings is 1. The molecule has 1 aliphatic heterocycles. The molecule has 3 rings (SSSR count). The first-order chi connectivity index (χ1) is 9.54. The Morgan fingerprint density at radius 3 is 2.60 bits per heavy atom. The van der Waals surface area contributed by atoms with Gasteiger partial charge in [0.25, 0.3) is 0 Å². The summed E-state index contributed by atoms with van der Waals surface area (Å²) in [4.78, 5) is 8.23. The van der Waals surface area contributed by atoms with Crippen molar-refractivity contribution in [2.45, 2.75) is 39.7 Å². The highest BCUT2D eigenvalue weighted by atomic mass is 14.9. The summed E-state index contributed by atoms with van der Waals surface area (Å²) in [5.74, 6) is 0. The minimum absolute atomic E-state index is 0.280. The van der Waals surface area contributed by atoms with Crippen LogP contribution in [0.25, 0.3) is 11.1 Å². The van der Waals surface area contributed by atoms with Crippen molar-refractivity contribution < 1.29 is 0 Å². The third-order valence-corrected chi connectivity index (χ3v) is 4.25. The van der Waals surface area contributed by atoms with Crippen molar-refractivity contribution >= 4 is 5.71 Å². The Morgan fingerprint density at radius 2 is 1.95 bits per heavy atom. The summed E-state index contributed by atoms with van der Waals surface area (Å²) >= 11 is 0. The zero-order chi connectivity index (χ0) is 14.2. The van der Waals surface area contributed by atoms with Crippen LogP contribution in [0.15, 0.2) is 47.6 Å². The van der Waals surface area contributed by atoms with Gasteiger partial charge in [-0.15, -0.1) is 0 Å². The lowest BCUT2D eigenvalue weighted by molar-refractivity contribution is 0.320. The molecule has 1 aliphatic rings. The van der Waals surface area contributed by atoms with E-state index in [1.54, 1.807) is 0 Å². The summed E-state index contributed by atoms with van der Waals surface area (Å²) in [6.07, 6.45) is 4.21. The molecule has 1 unspecified atom stereocenters. The van der Waals surface area contributed by atoms with Gasteiger partial charge < -0.3 is 4.98 Å². The summed E-state index contributed by atoms with van der Waals surface area (Å²) in [5.41, 5.74) is 5.37. The summed E-state index contributed by atoms with van der Waals surface area (Å²) in [5, 5.41) is 0. The minimum atomic E-state index is 0.280. The standard InChI is InChI=1S/C18H22N2/c1-13-11-18(2,3)17(20-13)10-16-9-15(12-19-16)14-7-5-4-6-8-14/h4-9,12,17,19H,10-11H2,1-3H3. The maximum Gasteiger partial charge on any atom is 0.0607 e. The van der Waals surface area contributed by atoms with E-state index in [1.165, 1.54) is 22.5 Å². The fourth-order valence-electron chi connectivity index (χ4n) is 3.15. The molecule has 0 spiro atoms. The molecule has 2 heteroatoms. The van der Waals surface area contributed by atoms with E-state index >= 15 is 0 Å². The summed E-state index contributed by atoms with van der Waals surface area (Å²) in [6.45, 7) is 6.78. The van der Waals surface area contributed by atoms with E-state index in [4.69, 9.17) is 4.99 Å². The molecule has 2 heterocycles. The quantitative estimate of drug-likeness (QED) is 0.848. The number of nitrogens with one attached hydrogen (secondary N) is 1. The first-order valence-electron chi connectivity index (χ1n) is 7.30. The Morgan fingerprint density at radius 1 is 1.20 bits per heavy atom. The second-order valence-electron chi connectivity index (χ2n) is 6.53. The Labute approximate surface area is 121 Å². The molecule has 0 bridgehead atoms. The highest BCUT2D eigenvalue weighted by Gasteiger charge is 2.34. The number of hydrogen-bond donors (Lipinski definition) is 1. The largest absolute Gasteiger partial charge is 0.364 e. The number of rotatable bonds is 3. The summed E-state index contributed by atoms with van der Waals surface area (Å²) < 4.78 is 0. The smallest absolute Gasteiger partial charge is 0.0607 e. The Balaban J connectivity index is 1.78. The van der Waals surface area contributed by atoms with E-state index in [9.17, 15) is 0 Å². The Kier molecular flexibility index (Phi) is 3.25. The third kappa shape index (κ3) is 2.55. The van der Waals surface area contributed by atoms with Crippen LogP contribution in [0.4, 0.5) is 0 Å². The molecule has 20 heavy (non-hydrogen) atoms. The van der Waals surface area contributed by atoms with Crippen molar-refractivity contribution in [3.8, 4) is 11.1 Å². The maximum absolute atomic E-state index is 4.82. The molecule has 1 atom stereocenters. The summed E-state index contributed by atoms with van der Waals surface area (Å²) in [7, 11) is 0. The van der Waals surface area contributed by atoms with E-state index in [2.05, 4.69) is 68.4 Å². The van der Waals surface area contributed by atoms with Crippen molar-refractivity contribution in [1.82, 2.24) is 4.98 Å². The van der Waals surface area contributed by atoms with Crippen LogP contribution < -0.4 is 0 Å². The van der Waals surface area contributed by atoms with Gasteiger partial charge in [0.05, 0.1) is 6.04 Å². The van der Waals surface area contributed by atoms with Crippen LogP contribution in [-0.2, 0) is 6.42 Å². The van der Waals surface area contributed by atoms with Crippen molar-refractivity contribution in [3.05, 3.63) is 48.3 Å². The van der Waals surface area contributed by atoms with E-state index in [0.717, 1.165) is 12.8 Å². The number of aliphatic imine (C=N–C) groups is 1. The molecule has 1 aromatic carbocycles. The predicted molar refractivity (Wildman–Crippen MR) is 85.2 cm³/mol. The van der Waals surface area contributed by atoms with Crippen molar-refractivity contribution in [2.24, 2.45) is 10.4 Å². The lowest BCUT2D eigenvalue weighted by Crippen LogP contribution is -2.25. The predicted octanol–water partition coefficient (Wildman–Crippen LogP) is 4.48. The summed E-state index contributed by atoms with van der Waals surface area (Å²) in [6, 6.07) is 13.2. The lowest BCUT2D eigenvalue weighted by atomic mass is 9.81. The molecule has 1 aromatic heterocycles. The monoisotopic (exact) mass is 266 g/mol. The van der Waals surface area contributed by atoms with Gasteiger partial charge in [-0.3, -0.25) is 4.99 Å². The van der Waals surface area contributed by atoms with E-state index in [0.29, 0.717) is 6.04 Å². The van der Waals surface area contributed by atoms with Crippen LogP contribution in [0.5, 0.6) is 0 Å². The zero-order valence-electron chi connectivity index (χ0n) is 12.5. The van der Waals surface area contributed by atoms with Crippen LogP contribution in [0.2, 0.25) is 0 Å². The molecule has 2 aromatic rings. The van der Waals surface area contributed by atoms with Crippen molar-refractivity contribution in [3.63, 3.8) is 0 Å². The van der Waals surface area contributed by atoms with Gasteiger partial charge in [-0.1, -0.05) is 44.2 Å². The Bertz CT molecular complexity index is 620. The fourth-order valence-corrected chi connectivity index (χ4v) is 3.15. The molecular weight excluding hydrogens is 244 g/mol. The molecule has 0 saturated carbocycles. The Hall–Kier alpha value is -1.83. The molecule has 0 fully saturated rings. The second kappa shape index (κ2) is 4.93. The van der Waals surface area contributed by atoms with Crippen LogP contribution >= 0.6 is 0 Å². The van der Waals surface area contributed by atoms with E-state index in [-0.39, 0.29) is 5.41 Å². The second-order valence-corrected chi connectivity index (χ2v) is 6.53. The molecule has 104 valence electrons. The van der Waals surface area contributed by atoms with Gasteiger partial charge in [-0.2, -0.15) is 0 Å². The highest BCUT2D eigenvalue weighted by molar-refractivity contribution is 5.84. The third-order valence-electron chi connectivity index (χ3n) is 4.25. The van der Waals surface area contributed by atoms with Crippen LogP contribution in [0, 0.1) is 5.41 Å². The topological polar surface area (TPSA) is 28.1 Å². The number of H-pyrrole nitrogens is 1. The average molecular weight is 266 g/mol. The molecule has 0 saturated heterocycles. The van der Waals surface area contributed by atoms with Crippen molar-refractivity contribution in [1.29, 1.82) is 0 Å². The van der Waals surface area contributed by atoms with Gasteiger partial charge in [-0.05, 0) is 36.0 Å². The first-order valence-corrected chi connectivity index (χ1v) is 7.30.